The third-order valence-electron chi connectivity index (χ3n) is 9.99. The molecule has 236 valence electrons. The zero-order valence-electron chi connectivity index (χ0n) is 25.9. The van der Waals surface area contributed by atoms with E-state index < -0.39 is 11.4 Å². The summed E-state index contributed by atoms with van der Waals surface area (Å²) in [4.78, 5) is 0. The molecule has 0 fully saturated rings. The van der Waals surface area contributed by atoms with E-state index in [4.69, 9.17) is 18.6 Å². The molecule has 4 N–H and O–H groups in total. The third kappa shape index (κ3) is 4.00. The fourth-order valence-electron chi connectivity index (χ4n) is 8.01. The molecule has 0 saturated heterocycles. The van der Waals surface area contributed by atoms with Crippen molar-refractivity contribution in [2.24, 2.45) is 5.92 Å². The first-order valence-corrected chi connectivity index (χ1v) is 15.7. The van der Waals surface area contributed by atoms with Gasteiger partial charge in [-0.05, 0) is 93.4 Å². The molecule has 0 bridgehead atoms. The van der Waals surface area contributed by atoms with Crippen LogP contribution in [0.3, 0.4) is 0 Å². The number of hydrogen-bond donors (Lipinski definition) is 4. The van der Waals surface area contributed by atoms with E-state index in [2.05, 4.69) is 13.0 Å². The number of allylic oxidation sites excluding steroid dienone is 2. The van der Waals surface area contributed by atoms with Crippen LogP contribution in [0.15, 0.2) is 88.9 Å². The second-order valence-corrected chi connectivity index (χ2v) is 13.6. The van der Waals surface area contributed by atoms with Gasteiger partial charge in [-0.3, -0.25) is 0 Å². The van der Waals surface area contributed by atoms with Crippen LogP contribution in [0.4, 0.5) is 0 Å². The summed E-state index contributed by atoms with van der Waals surface area (Å²) in [7, 11) is 0. The Hall–Kier alpha value is -5.50. The molecule has 8 heteroatoms. The highest BCUT2D eigenvalue weighted by Crippen LogP contribution is 2.66. The number of hydrogen-bond acceptors (Lipinski definition) is 8. The van der Waals surface area contributed by atoms with E-state index in [0.29, 0.717) is 50.8 Å². The Morgan fingerprint density at radius 2 is 1.57 bits per heavy atom. The first kappa shape index (κ1) is 27.8. The summed E-state index contributed by atoms with van der Waals surface area (Å²) in [5.41, 5.74) is 4.29. The molecule has 0 amide bonds. The van der Waals surface area contributed by atoms with Crippen molar-refractivity contribution in [3.63, 3.8) is 0 Å². The average Bonchev–Trinajstić information content (AvgIpc) is 3.43. The van der Waals surface area contributed by atoms with Crippen molar-refractivity contribution in [1.29, 1.82) is 0 Å². The van der Waals surface area contributed by atoms with Crippen LogP contribution < -0.4 is 14.2 Å². The Labute approximate surface area is 270 Å². The Morgan fingerprint density at radius 1 is 0.787 bits per heavy atom. The van der Waals surface area contributed by atoms with Crippen LogP contribution in [0.5, 0.6) is 40.2 Å². The largest absolute Gasteiger partial charge is 0.508 e. The number of ether oxygens (including phenoxy) is 3. The second kappa shape index (κ2) is 9.28. The third-order valence-corrected chi connectivity index (χ3v) is 9.99. The number of phenols is 4. The van der Waals surface area contributed by atoms with Gasteiger partial charge in [0.25, 0.3) is 5.79 Å². The van der Waals surface area contributed by atoms with Crippen LogP contribution >= 0.6 is 0 Å². The standard InChI is InChI=1S/C39H32O8/c1-19-12-26-24-7-6-23(41)18-33(24)45-39(28-8-9-29(42)25-10-11-38(2,3)47-37(25)28)36(26)27(13-19)35-30(43)14-21(16-34(35)46-39)31-15-20-4-5-22(40)17-32(20)44-31/h4-11,13-18,26-27,36,40-43H,12H2,1-3H3/t26-,27-,36-,39+/m0/s1. The Bertz CT molecular complexity index is 2220. The van der Waals surface area contributed by atoms with Crippen LogP contribution in [-0.2, 0) is 5.79 Å². The van der Waals surface area contributed by atoms with Gasteiger partial charge >= 0.3 is 0 Å². The monoisotopic (exact) mass is 628 g/mol. The first-order chi connectivity index (χ1) is 22.5. The lowest BCUT2D eigenvalue weighted by molar-refractivity contribution is -0.198. The van der Waals surface area contributed by atoms with Crippen molar-refractivity contribution in [2.45, 2.75) is 50.4 Å². The lowest BCUT2D eigenvalue weighted by Crippen LogP contribution is -2.56. The maximum absolute atomic E-state index is 11.8. The van der Waals surface area contributed by atoms with Crippen molar-refractivity contribution in [1.82, 2.24) is 0 Å². The van der Waals surface area contributed by atoms with E-state index >= 15 is 0 Å². The van der Waals surface area contributed by atoms with Gasteiger partial charge in [-0.1, -0.05) is 17.7 Å². The minimum absolute atomic E-state index is 0.0636. The van der Waals surface area contributed by atoms with E-state index in [1.807, 2.05) is 44.2 Å². The Kier molecular flexibility index (Phi) is 5.49. The molecule has 0 saturated carbocycles. The van der Waals surface area contributed by atoms with Crippen LogP contribution in [-0.4, -0.2) is 26.0 Å². The van der Waals surface area contributed by atoms with E-state index in [1.54, 1.807) is 48.5 Å². The Morgan fingerprint density at radius 3 is 2.43 bits per heavy atom. The summed E-state index contributed by atoms with van der Waals surface area (Å²) in [6.45, 7) is 5.98. The molecule has 4 heterocycles. The summed E-state index contributed by atoms with van der Waals surface area (Å²) in [5.74, 6) is -0.115. The Balaban J connectivity index is 1.32. The topological polar surface area (TPSA) is 122 Å². The molecule has 4 aliphatic rings. The van der Waals surface area contributed by atoms with Crippen LogP contribution in [0.2, 0.25) is 0 Å². The average molecular weight is 629 g/mol. The smallest absolute Gasteiger partial charge is 0.285 e. The highest BCUT2D eigenvalue weighted by molar-refractivity contribution is 5.84. The molecule has 4 aromatic carbocycles. The van der Waals surface area contributed by atoms with Crippen LogP contribution in [0.25, 0.3) is 28.4 Å². The predicted molar refractivity (Wildman–Crippen MR) is 175 cm³/mol. The second-order valence-electron chi connectivity index (χ2n) is 13.6. The van der Waals surface area contributed by atoms with Crippen molar-refractivity contribution in [3.8, 4) is 51.6 Å². The van der Waals surface area contributed by atoms with Crippen LogP contribution in [0, 0.1) is 5.92 Å². The fourth-order valence-corrected chi connectivity index (χ4v) is 8.01. The van der Waals surface area contributed by atoms with Gasteiger partial charge in [-0.25, -0.2) is 0 Å². The molecule has 8 nitrogen and oxygen atoms in total. The molecule has 47 heavy (non-hydrogen) atoms. The lowest BCUT2D eigenvalue weighted by Gasteiger charge is -2.55. The van der Waals surface area contributed by atoms with E-state index in [-0.39, 0.29) is 40.8 Å². The molecule has 0 unspecified atom stereocenters. The molecule has 9 rings (SSSR count). The van der Waals surface area contributed by atoms with E-state index in [1.165, 1.54) is 0 Å². The number of aromatic hydroxyl groups is 4. The van der Waals surface area contributed by atoms with Gasteiger partial charge in [0.1, 0.15) is 57.2 Å². The van der Waals surface area contributed by atoms with Crippen molar-refractivity contribution in [3.05, 3.63) is 107 Å². The van der Waals surface area contributed by atoms with Gasteiger partial charge in [-0.15, -0.1) is 0 Å². The van der Waals surface area contributed by atoms with Gasteiger partial charge in [-0.2, -0.15) is 0 Å². The molecule has 3 aliphatic heterocycles. The van der Waals surface area contributed by atoms with Gasteiger partial charge in [0.2, 0.25) is 0 Å². The van der Waals surface area contributed by atoms with Gasteiger partial charge in [0.05, 0.1) is 17.0 Å². The quantitative estimate of drug-likeness (QED) is 0.144. The summed E-state index contributed by atoms with van der Waals surface area (Å²) in [5, 5.41) is 44.1. The normalized spacial score (nSPS) is 24.5. The number of furan rings is 1. The fraction of sp³-hybridized carbons (Fsp3) is 0.231. The molecule has 5 aromatic rings. The SMILES string of the molecule is CC1=C[C@H]2c3c(O)cc(-c4cc5ccc(O)cc5o4)cc3O[C@@]3(c4ccc(O)c5c4OC(C)(C)C=C5)Oc4cc(O)ccc4[C@H](C1)[C@@H]23. The van der Waals surface area contributed by atoms with Crippen LogP contribution in [0.1, 0.15) is 61.3 Å². The zero-order chi connectivity index (χ0) is 32.4. The van der Waals surface area contributed by atoms with Gasteiger partial charge in [0, 0.05) is 40.5 Å². The molecule has 1 aliphatic carbocycles. The van der Waals surface area contributed by atoms with E-state index in [0.717, 1.165) is 22.9 Å². The zero-order valence-corrected chi connectivity index (χ0v) is 25.9. The van der Waals surface area contributed by atoms with Crippen molar-refractivity contribution < 1.29 is 39.1 Å². The molecule has 1 aromatic heterocycles. The maximum atomic E-state index is 11.8. The molecular weight excluding hydrogens is 596 g/mol. The minimum atomic E-state index is -1.48. The highest BCUT2D eigenvalue weighted by Gasteiger charge is 2.62. The van der Waals surface area contributed by atoms with Crippen molar-refractivity contribution >= 4 is 17.0 Å². The highest BCUT2D eigenvalue weighted by atomic mass is 16.7. The van der Waals surface area contributed by atoms with Crippen molar-refractivity contribution in [2.75, 3.05) is 0 Å². The number of fused-ring (bicyclic) bond motifs is 6. The van der Waals surface area contributed by atoms with E-state index in [9.17, 15) is 20.4 Å². The molecule has 0 radical (unpaired) electrons. The molecule has 4 atom stereocenters. The summed E-state index contributed by atoms with van der Waals surface area (Å²) in [6.07, 6.45) is 6.67. The minimum Gasteiger partial charge on any atom is -0.508 e. The summed E-state index contributed by atoms with van der Waals surface area (Å²) >= 11 is 0. The van der Waals surface area contributed by atoms with Gasteiger partial charge < -0.3 is 39.1 Å². The van der Waals surface area contributed by atoms with Gasteiger partial charge in [0.15, 0.2) is 0 Å². The summed E-state index contributed by atoms with van der Waals surface area (Å²) in [6, 6.07) is 18.9. The number of rotatable bonds is 2. The number of benzene rings is 4. The number of phenolic OH excluding ortho intramolecular Hbond substituents is 4. The summed E-state index contributed by atoms with van der Waals surface area (Å²) < 4.78 is 26.8. The maximum Gasteiger partial charge on any atom is 0.285 e. The lowest BCUT2D eigenvalue weighted by atomic mass is 9.61. The molecule has 0 spiro atoms. The molecular formula is C39H32O8. The first-order valence-electron chi connectivity index (χ1n) is 15.7. The predicted octanol–water partition coefficient (Wildman–Crippen LogP) is 8.58.